The molecule has 7 heteroatoms. The highest BCUT2D eigenvalue weighted by Gasteiger charge is 2.18. The Labute approximate surface area is 132 Å². The third-order valence-corrected chi connectivity index (χ3v) is 3.55. The summed E-state index contributed by atoms with van der Waals surface area (Å²) >= 11 is 8.87. The second kappa shape index (κ2) is 6.24. The van der Waals surface area contributed by atoms with Crippen LogP contribution in [0.15, 0.2) is 40.9 Å². The zero-order valence-corrected chi connectivity index (χ0v) is 12.7. The Kier molecular flexibility index (Phi) is 4.59. The third kappa shape index (κ3) is 3.40. The Morgan fingerprint density at radius 3 is 2.57 bits per heavy atom. The smallest absolute Gasteiger partial charge is 0.337 e. The molecule has 0 bridgehead atoms. The molecule has 21 heavy (non-hydrogen) atoms. The molecule has 2 aromatic carbocycles. The highest BCUT2D eigenvalue weighted by molar-refractivity contribution is 9.10. The number of nitrogens with one attached hydrogen (secondary N) is 1. The molecule has 2 rings (SSSR count). The minimum absolute atomic E-state index is 0.00449. The van der Waals surface area contributed by atoms with Crippen LogP contribution in [0, 0.1) is 5.82 Å². The number of rotatable bonds is 3. The number of amides is 1. The van der Waals surface area contributed by atoms with Crippen molar-refractivity contribution >= 4 is 45.1 Å². The molecule has 1 amide bonds. The quantitative estimate of drug-likeness (QED) is 0.849. The van der Waals surface area contributed by atoms with Crippen molar-refractivity contribution in [2.24, 2.45) is 0 Å². The molecule has 0 aliphatic heterocycles. The second-order valence-electron chi connectivity index (χ2n) is 4.05. The van der Waals surface area contributed by atoms with E-state index < -0.39 is 17.7 Å². The first-order valence-electron chi connectivity index (χ1n) is 5.68. The summed E-state index contributed by atoms with van der Waals surface area (Å²) in [7, 11) is 0. The van der Waals surface area contributed by atoms with Crippen LogP contribution in [0.5, 0.6) is 0 Å². The van der Waals surface area contributed by atoms with E-state index in [2.05, 4.69) is 21.2 Å². The van der Waals surface area contributed by atoms with E-state index in [4.69, 9.17) is 16.7 Å². The lowest BCUT2D eigenvalue weighted by atomic mass is 10.1. The SMILES string of the molecule is O=C(O)c1ccc(Cl)cc1NC(=O)c1c(F)cccc1Br. The number of carboxylic acids is 1. The maximum Gasteiger partial charge on any atom is 0.337 e. The van der Waals surface area contributed by atoms with Crippen LogP contribution in [0.2, 0.25) is 5.02 Å². The first-order valence-corrected chi connectivity index (χ1v) is 6.85. The molecule has 4 nitrogen and oxygen atoms in total. The van der Waals surface area contributed by atoms with Crippen LogP contribution in [0.1, 0.15) is 20.7 Å². The number of anilines is 1. The predicted octanol–water partition coefficient (Wildman–Crippen LogP) is 4.19. The number of hydrogen-bond acceptors (Lipinski definition) is 2. The lowest BCUT2D eigenvalue weighted by molar-refractivity contribution is 0.0698. The molecule has 108 valence electrons. The number of aromatic carboxylic acids is 1. The number of carbonyl (C=O) groups excluding carboxylic acids is 1. The van der Waals surface area contributed by atoms with E-state index in [1.165, 1.54) is 30.3 Å². The van der Waals surface area contributed by atoms with Crippen molar-refractivity contribution in [1.29, 1.82) is 0 Å². The van der Waals surface area contributed by atoms with Crippen molar-refractivity contribution in [3.63, 3.8) is 0 Å². The Hall–Kier alpha value is -1.92. The predicted molar refractivity (Wildman–Crippen MR) is 80.5 cm³/mol. The first kappa shape index (κ1) is 15.5. The van der Waals surface area contributed by atoms with Crippen molar-refractivity contribution in [1.82, 2.24) is 0 Å². The largest absolute Gasteiger partial charge is 0.478 e. The summed E-state index contributed by atoms with van der Waals surface area (Å²) in [5.74, 6) is -2.72. The Morgan fingerprint density at radius 1 is 1.24 bits per heavy atom. The minimum Gasteiger partial charge on any atom is -0.478 e. The van der Waals surface area contributed by atoms with E-state index >= 15 is 0 Å². The number of carboxylic acid groups (broad SMARTS) is 1. The zero-order valence-electron chi connectivity index (χ0n) is 10.4. The van der Waals surface area contributed by atoms with Crippen LogP contribution in [0.25, 0.3) is 0 Å². The lowest BCUT2D eigenvalue weighted by Gasteiger charge is -2.10. The maximum absolute atomic E-state index is 13.7. The molecule has 0 aliphatic carbocycles. The van der Waals surface area contributed by atoms with Gasteiger partial charge in [0.25, 0.3) is 5.91 Å². The van der Waals surface area contributed by atoms with Crippen LogP contribution in [0.3, 0.4) is 0 Å². The van der Waals surface area contributed by atoms with E-state index in [-0.39, 0.29) is 26.3 Å². The fourth-order valence-electron chi connectivity index (χ4n) is 1.71. The van der Waals surface area contributed by atoms with Gasteiger partial charge in [0.05, 0.1) is 16.8 Å². The molecule has 2 N–H and O–H groups in total. The van der Waals surface area contributed by atoms with Gasteiger partial charge in [0.2, 0.25) is 0 Å². The fourth-order valence-corrected chi connectivity index (χ4v) is 2.40. The van der Waals surface area contributed by atoms with E-state index in [1.807, 2.05) is 0 Å². The van der Waals surface area contributed by atoms with Crippen molar-refractivity contribution in [2.45, 2.75) is 0 Å². The number of halogens is 3. The molecule has 2 aromatic rings. The number of carbonyl (C=O) groups is 2. The van der Waals surface area contributed by atoms with Gasteiger partial charge in [0.15, 0.2) is 0 Å². The monoisotopic (exact) mass is 371 g/mol. The van der Waals surface area contributed by atoms with Gasteiger partial charge < -0.3 is 10.4 Å². The molecule has 0 unspecified atom stereocenters. The average molecular weight is 373 g/mol. The van der Waals surface area contributed by atoms with Gasteiger partial charge in [0, 0.05) is 9.50 Å². The second-order valence-corrected chi connectivity index (χ2v) is 5.34. The fraction of sp³-hybridized carbons (Fsp3) is 0. The molecule has 0 spiro atoms. The van der Waals surface area contributed by atoms with E-state index in [9.17, 15) is 14.0 Å². The van der Waals surface area contributed by atoms with Gasteiger partial charge in [-0.25, -0.2) is 9.18 Å². The number of hydrogen-bond donors (Lipinski definition) is 2. The molecule has 0 radical (unpaired) electrons. The van der Waals surface area contributed by atoms with Crippen molar-refractivity contribution in [2.75, 3.05) is 5.32 Å². The molecule has 0 heterocycles. The lowest BCUT2D eigenvalue weighted by Crippen LogP contribution is -2.16. The van der Waals surface area contributed by atoms with Gasteiger partial charge in [0.1, 0.15) is 5.82 Å². The van der Waals surface area contributed by atoms with Crippen LogP contribution < -0.4 is 5.32 Å². The summed E-state index contributed by atoms with van der Waals surface area (Å²) in [6, 6.07) is 8.02. The van der Waals surface area contributed by atoms with E-state index in [0.29, 0.717) is 0 Å². The molecular weight excluding hydrogens is 365 g/mol. The van der Waals surface area contributed by atoms with Crippen molar-refractivity contribution < 1.29 is 19.1 Å². The third-order valence-electron chi connectivity index (χ3n) is 2.65. The standard InChI is InChI=1S/C14H8BrClFNO3/c15-9-2-1-3-10(17)12(9)13(19)18-11-6-7(16)4-5-8(11)14(20)21/h1-6H,(H,18,19)(H,20,21). The summed E-state index contributed by atoms with van der Waals surface area (Å²) in [5, 5.41) is 11.7. The summed E-state index contributed by atoms with van der Waals surface area (Å²) in [5.41, 5.74) is -0.357. The normalized spacial score (nSPS) is 10.2. The van der Waals surface area contributed by atoms with Gasteiger partial charge >= 0.3 is 5.97 Å². The van der Waals surface area contributed by atoms with E-state index in [0.717, 1.165) is 6.07 Å². The molecule has 0 fully saturated rings. The molecular formula is C14H8BrClFNO3. The van der Waals surface area contributed by atoms with Crippen LogP contribution >= 0.6 is 27.5 Å². The topological polar surface area (TPSA) is 66.4 Å². The minimum atomic E-state index is -1.23. The first-order chi connectivity index (χ1) is 9.90. The van der Waals surface area contributed by atoms with Gasteiger partial charge in [-0.1, -0.05) is 17.7 Å². The number of benzene rings is 2. The maximum atomic E-state index is 13.7. The summed E-state index contributed by atoms with van der Waals surface area (Å²) in [6.07, 6.45) is 0. The Balaban J connectivity index is 2.40. The van der Waals surface area contributed by atoms with Gasteiger partial charge in [-0.15, -0.1) is 0 Å². The van der Waals surface area contributed by atoms with Gasteiger partial charge in [-0.05, 0) is 46.3 Å². The van der Waals surface area contributed by atoms with Gasteiger partial charge in [-0.3, -0.25) is 4.79 Å². The van der Waals surface area contributed by atoms with Crippen molar-refractivity contribution in [3.8, 4) is 0 Å². The molecule has 0 saturated heterocycles. The average Bonchev–Trinajstić information content (AvgIpc) is 2.38. The van der Waals surface area contributed by atoms with Crippen molar-refractivity contribution in [3.05, 3.63) is 62.8 Å². The van der Waals surface area contributed by atoms with Gasteiger partial charge in [-0.2, -0.15) is 0 Å². The highest BCUT2D eigenvalue weighted by Crippen LogP contribution is 2.24. The summed E-state index contributed by atoms with van der Waals surface area (Å²) in [6.45, 7) is 0. The van der Waals surface area contributed by atoms with Crippen LogP contribution in [0.4, 0.5) is 10.1 Å². The van der Waals surface area contributed by atoms with Crippen LogP contribution in [-0.4, -0.2) is 17.0 Å². The molecule has 0 aliphatic rings. The molecule has 0 saturated carbocycles. The molecule has 0 aromatic heterocycles. The Bertz CT molecular complexity index is 716. The zero-order chi connectivity index (χ0) is 15.6. The summed E-state index contributed by atoms with van der Waals surface area (Å²) in [4.78, 5) is 23.2. The summed E-state index contributed by atoms with van der Waals surface area (Å²) < 4.78 is 14.0. The van der Waals surface area contributed by atoms with Crippen LogP contribution in [-0.2, 0) is 0 Å². The highest BCUT2D eigenvalue weighted by atomic mass is 79.9. The molecule has 0 atom stereocenters. The van der Waals surface area contributed by atoms with E-state index in [1.54, 1.807) is 0 Å². The Morgan fingerprint density at radius 2 is 1.95 bits per heavy atom.